The maximum Gasteiger partial charge on any atom is 0.163 e. The molecule has 0 saturated heterocycles. The van der Waals surface area contributed by atoms with Crippen LogP contribution in [0.1, 0.15) is 22.5 Å². The first-order valence-corrected chi connectivity index (χ1v) is 19.3. The quantitative estimate of drug-likeness (QED) is 0.177. The van der Waals surface area contributed by atoms with E-state index in [0.717, 1.165) is 77.6 Å². The highest BCUT2D eigenvalue weighted by Crippen LogP contribution is 2.57. The summed E-state index contributed by atoms with van der Waals surface area (Å²) in [7, 11) is 0. The van der Waals surface area contributed by atoms with E-state index in [9.17, 15) is 0 Å². The summed E-state index contributed by atoms with van der Waals surface area (Å²) in [4.78, 5) is 16.4. The average Bonchev–Trinajstić information content (AvgIpc) is 3.93. The molecule has 0 aliphatic heterocycles. The summed E-state index contributed by atoms with van der Waals surface area (Å²) in [5, 5.41) is 4.54. The number of nitrogens with zero attached hydrogens (tertiary/aromatic N) is 4. The molecule has 12 rings (SSSR count). The van der Waals surface area contributed by atoms with Crippen LogP contribution in [0.5, 0.6) is 0 Å². The molecule has 266 valence electrons. The molecule has 3 heterocycles. The van der Waals surface area contributed by atoms with Crippen LogP contribution in [-0.4, -0.2) is 19.5 Å². The van der Waals surface area contributed by atoms with E-state index in [1.165, 1.54) is 10.8 Å². The number of para-hydroxylation sites is 3. The zero-order valence-electron chi connectivity index (χ0n) is 30.7. The second-order valence-corrected chi connectivity index (χ2v) is 14.7. The highest BCUT2D eigenvalue weighted by molar-refractivity contribution is 6.10. The molecule has 0 amide bonds. The van der Waals surface area contributed by atoms with E-state index in [-0.39, 0.29) is 0 Å². The molecule has 5 nitrogen and oxygen atoms in total. The van der Waals surface area contributed by atoms with Crippen LogP contribution in [0.2, 0.25) is 0 Å². The van der Waals surface area contributed by atoms with Crippen molar-refractivity contribution in [3.63, 3.8) is 0 Å². The number of furan rings is 1. The van der Waals surface area contributed by atoms with Crippen LogP contribution < -0.4 is 0 Å². The van der Waals surface area contributed by atoms with Gasteiger partial charge in [0.25, 0.3) is 0 Å². The number of benzene rings is 8. The Kier molecular flexibility index (Phi) is 6.78. The van der Waals surface area contributed by atoms with Crippen LogP contribution in [-0.2, 0) is 5.41 Å². The topological polar surface area (TPSA) is 56.7 Å². The van der Waals surface area contributed by atoms with Crippen LogP contribution in [0.25, 0.3) is 83.3 Å². The Hall–Kier alpha value is -7.63. The molecule has 1 aliphatic carbocycles. The zero-order chi connectivity index (χ0) is 37.5. The van der Waals surface area contributed by atoms with Crippen molar-refractivity contribution in [2.45, 2.75) is 5.41 Å². The molecule has 0 saturated carbocycles. The Morgan fingerprint density at radius 2 is 0.930 bits per heavy atom. The minimum absolute atomic E-state index is 0.604. The lowest BCUT2D eigenvalue weighted by molar-refractivity contribution is 0.665. The van der Waals surface area contributed by atoms with E-state index >= 15 is 0 Å². The maximum absolute atomic E-state index is 6.55. The Balaban J connectivity index is 1.19. The van der Waals surface area contributed by atoms with Crippen molar-refractivity contribution in [1.29, 1.82) is 0 Å². The molecule has 0 unspecified atom stereocenters. The van der Waals surface area contributed by atoms with E-state index in [1.807, 2.05) is 30.3 Å². The van der Waals surface area contributed by atoms with E-state index < -0.39 is 5.41 Å². The van der Waals surface area contributed by atoms with Gasteiger partial charge < -0.3 is 8.98 Å². The van der Waals surface area contributed by atoms with E-state index in [0.29, 0.717) is 17.5 Å². The van der Waals surface area contributed by atoms with Gasteiger partial charge in [0.05, 0.1) is 11.0 Å². The summed E-state index contributed by atoms with van der Waals surface area (Å²) in [6, 6.07) is 68.1. The van der Waals surface area contributed by atoms with Gasteiger partial charge in [-0.15, -0.1) is 0 Å². The lowest BCUT2D eigenvalue weighted by Crippen LogP contribution is -2.32. The monoisotopic (exact) mass is 728 g/mol. The molecule has 0 N–H and O–H groups in total. The van der Waals surface area contributed by atoms with Crippen LogP contribution in [0.15, 0.2) is 199 Å². The molecule has 0 radical (unpaired) electrons. The smallest absolute Gasteiger partial charge is 0.163 e. The predicted molar refractivity (Wildman–Crippen MR) is 230 cm³/mol. The number of hydrogen-bond donors (Lipinski definition) is 0. The van der Waals surface area contributed by atoms with Gasteiger partial charge in [-0.2, -0.15) is 0 Å². The zero-order valence-corrected chi connectivity index (χ0v) is 30.7. The summed E-state index contributed by atoms with van der Waals surface area (Å²) in [6.07, 6.45) is 0. The van der Waals surface area contributed by atoms with Crippen molar-refractivity contribution in [3.05, 3.63) is 217 Å². The Morgan fingerprint density at radius 3 is 1.65 bits per heavy atom. The fourth-order valence-electron chi connectivity index (χ4n) is 9.35. The fourth-order valence-corrected chi connectivity index (χ4v) is 9.35. The van der Waals surface area contributed by atoms with Gasteiger partial charge in [0.15, 0.2) is 17.5 Å². The van der Waals surface area contributed by atoms with Gasteiger partial charge in [-0.3, -0.25) is 0 Å². The van der Waals surface area contributed by atoms with Gasteiger partial charge in [-0.1, -0.05) is 158 Å². The van der Waals surface area contributed by atoms with Crippen LogP contribution in [0.4, 0.5) is 0 Å². The van der Waals surface area contributed by atoms with Crippen molar-refractivity contribution in [2.75, 3.05) is 0 Å². The lowest BCUT2D eigenvalue weighted by atomic mass is 9.70. The van der Waals surface area contributed by atoms with E-state index in [4.69, 9.17) is 19.4 Å². The van der Waals surface area contributed by atoms with E-state index in [2.05, 4.69) is 168 Å². The second-order valence-electron chi connectivity index (χ2n) is 14.7. The maximum atomic E-state index is 6.55. The molecule has 0 bridgehead atoms. The second kappa shape index (κ2) is 12.2. The highest BCUT2D eigenvalue weighted by Gasteiger charge is 2.50. The minimum Gasteiger partial charge on any atom is -0.456 e. The number of rotatable bonds is 5. The largest absolute Gasteiger partial charge is 0.456 e. The SMILES string of the molecule is c1ccc(-c2nc(-c3cccc(-n4c5ccccc5c5ccccc54)c3)nc(C3(c4cccc5oc6ccccc6c45)c4ccccc4-c4ccccc43)n2)cc1. The first-order chi connectivity index (χ1) is 28.3. The molecule has 3 aromatic heterocycles. The summed E-state index contributed by atoms with van der Waals surface area (Å²) in [6.45, 7) is 0. The summed E-state index contributed by atoms with van der Waals surface area (Å²) < 4.78 is 8.89. The molecular formula is C52H32N4O. The van der Waals surface area contributed by atoms with Crippen molar-refractivity contribution >= 4 is 43.7 Å². The molecular weight excluding hydrogens is 697 g/mol. The highest BCUT2D eigenvalue weighted by atomic mass is 16.3. The molecule has 0 fully saturated rings. The third-order valence-electron chi connectivity index (χ3n) is 11.7. The summed E-state index contributed by atoms with van der Waals surface area (Å²) in [5.41, 5.74) is 11.6. The molecule has 57 heavy (non-hydrogen) atoms. The third kappa shape index (κ3) is 4.54. The van der Waals surface area contributed by atoms with Crippen molar-refractivity contribution < 1.29 is 4.42 Å². The van der Waals surface area contributed by atoms with E-state index in [1.54, 1.807) is 0 Å². The van der Waals surface area contributed by atoms with Gasteiger partial charge in [0.2, 0.25) is 0 Å². The first-order valence-electron chi connectivity index (χ1n) is 19.3. The van der Waals surface area contributed by atoms with Gasteiger partial charge in [-0.05, 0) is 64.2 Å². The normalized spacial score (nSPS) is 13.1. The average molecular weight is 729 g/mol. The molecule has 5 heteroatoms. The molecule has 1 aliphatic rings. The fraction of sp³-hybridized carbons (Fsp3) is 0.0192. The van der Waals surface area contributed by atoms with Crippen molar-refractivity contribution in [3.8, 4) is 39.6 Å². The van der Waals surface area contributed by atoms with Crippen molar-refractivity contribution in [1.82, 2.24) is 19.5 Å². The number of hydrogen-bond acceptors (Lipinski definition) is 4. The molecule has 0 spiro atoms. The summed E-state index contributed by atoms with van der Waals surface area (Å²) in [5.74, 6) is 1.87. The Labute approximate surface area is 328 Å². The number of fused-ring (bicyclic) bond motifs is 9. The molecule has 11 aromatic rings. The van der Waals surface area contributed by atoms with Gasteiger partial charge in [-0.25, -0.2) is 15.0 Å². The Morgan fingerprint density at radius 1 is 0.404 bits per heavy atom. The molecule has 8 aromatic carbocycles. The van der Waals surface area contributed by atoms with Gasteiger partial charge in [0, 0.05) is 38.4 Å². The van der Waals surface area contributed by atoms with Gasteiger partial charge >= 0.3 is 0 Å². The lowest BCUT2D eigenvalue weighted by Gasteiger charge is -2.32. The minimum atomic E-state index is -0.912. The van der Waals surface area contributed by atoms with Crippen LogP contribution >= 0.6 is 0 Å². The molecule has 0 atom stereocenters. The standard InChI is InChI=1S/C52H32N4O/c1-2-16-33(17-3-1)49-53-50(34-18-14-19-35(32-34)56-44-28-11-6-22-38(44)39-23-7-12-29-45(39)56)55-51(54-49)52(41-25-9-4-20-36(41)37-21-5-10-26-42(37)52)43-27-15-31-47-48(43)40-24-8-13-30-46(40)57-47/h1-32H. The van der Waals surface area contributed by atoms with Crippen molar-refractivity contribution in [2.24, 2.45) is 0 Å². The summed E-state index contributed by atoms with van der Waals surface area (Å²) >= 11 is 0. The van der Waals surface area contributed by atoms with Crippen LogP contribution in [0.3, 0.4) is 0 Å². The van der Waals surface area contributed by atoms with Gasteiger partial charge in [0.1, 0.15) is 16.6 Å². The third-order valence-corrected chi connectivity index (χ3v) is 11.7. The van der Waals surface area contributed by atoms with Crippen LogP contribution in [0, 0.1) is 0 Å². The predicted octanol–water partition coefficient (Wildman–Crippen LogP) is 12.6. The number of aromatic nitrogens is 4. The first kappa shape index (κ1) is 31.7. The Bertz CT molecular complexity index is 3280.